The summed E-state index contributed by atoms with van der Waals surface area (Å²) in [5.41, 5.74) is 2.42. The third kappa shape index (κ3) is 5.19. The first-order valence-corrected chi connectivity index (χ1v) is 11.0. The summed E-state index contributed by atoms with van der Waals surface area (Å²) in [6, 6.07) is 17.1. The Morgan fingerprint density at radius 3 is 2.29 bits per heavy atom. The molecule has 1 heterocycles. The third-order valence-corrected chi connectivity index (χ3v) is 6.53. The maximum Gasteiger partial charge on any atom is 1.00 e. The molecule has 0 aliphatic carbocycles. The van der Waals surface area contributed by atoms with Crippen molar-refractivity contribution in [1.82, 2.24) is 0 Å². The standard InChI is InChI=1S/C21H28N2O3S.K/c1-2-3-4-5-11-16-21(27(24,25)26)22-19-14-9-10-15-20(19)23(21)17-18-12-7-6-8-13-18;/h6-10,12-15,22H,2-5,11,16-17H2,1H3,(H,24,25,26);/q;+1/p-1. The van der Waals surface area contributed by atoms with Gasteiger partial charge in [-0.2, -0.15) is 0 Å². The van der Waals surface area contributed by atoms with Crippen LogP contribution < -0.4 is 61.6 Å². The van der Waals surface area contributed by atoms with E-state index in [1.54, 1.807) is 4.90 Å². The van der Waals surface area contributed by atoms with Gasteiger partial charge < -0.3 is 14.8 Å². The van der Waals surface area contributed by atoms with Crippen LogP contribution in [0.25, 0.3) is 0 Å². The fourth-order valence-corrected chi connectivity index (χ4v) is 4.82. The van der Waals surface area contributed by atoms with Crippen molar-refractivity contribution in [3.05, 3.63) is 60.2 Å². The zero-order chi connectivity index (χ0) is 19.3. The normalized spacial score (nSPS) is 18.3. The number of rotatable bonds is 9. The molecular formula is C21H27KN2O3S. The Kier molecular flexibility index (Phi) is 9.00. The number of benzene rings is 2. The van der Waals surface area contributed by atoms with Crippen LogP contribution in [0, 0.1) is 0 Å². The Morgan fingerprint density at radius 1 is 0.964 bits per heavy atom. The van der Waals surface area contributed by atoms with Crippen LogP contribution in [0.5, 0.6) is 0 Å². The summed E-state index contributed by atoms with van der Waals surface area (Å²) in [6.45, 7) is 2.50. The smallest absolute Gasteiger partial charge is 0.745 e. The quantitative estimate of drug-likeness (QED) is 0.375. The van der Waals surface area contributed by atoms with Crippen molar-refractivity contribution in [1.29, 1.82) is 0 Å². The molecule has 1 atom stereocenters. The molecule has 2 aromatic carbocycles. The molecule has 0 fully saturated rings. The minimum atomic E-state index is -4.63. The average molecular weight is 427 g/mol. The SMILES string of the molecule is CCCCCCCC1(S(=O)(=O)[O-])Nc2ccccc2N1Cc1ccccc1.[K+]. The molecule has 0 amide bonds. The minimum Gasteiger partial charge on any atom is -0.745 e. The molecule has 0 bridgehead atoms. The van der Waals surface area contributed by atoms with Crippen LogP contribution in [0.15, 0.2) is 54.6 Å². The summed E-state index contributed by atoms with van der Waals surface area (Å²) in [4.78, 5) is 0.0958. The maximum atomic E-state index is 12.5. The third-order valence-electron chi connectivity index (χ3n) is 5.18. The van der Waals surface area contributed by atoms with Crippen molar-refractivity contribution in [2.24, 2.45) is 0 Å². The molecule has 5 nitrogen and oxygen atoms in total. The van der Waals surface area contributed by atoms with Crippen molar-refractivity contribution in [2.75, 3.05) is 10.2 Å². The fraction of sp³-hybridized carbons (Fsp3) is 0.429. The van der Waals surface area contributed by atoms with Gasteiger partial charge in [-0.3, -0.25) is 0 Å². The molecule has 0 aromatic heterocycles. The van der Waals surface area contributed by atoms with E-state index < -0.39 is 15.1 Å². The molecule has 7 heteroatoms. The summed E-state index contributed by atoms with van der Waals surface area (Å²) in [5, 5.41) is 3.07. The van der Waals surface area contributed by atoms with Crippen LogP contribution in [-0.2, 0) is 16.7 Å². The molecule has 0 spiro atoms. The molecule has 1 unspecified atom stereocenters. The van der Waals surface area contributed by atoms with E-state index in [1.165, 1.54) is 0 Å². The molecule has 3 rings (SSSR count). The van der Waals surface area contributed by atoms with Gasteiger partial charge in [0, 0.05) is 13.0 Å². The topological polar surface area (TPSA) is 72.5 Å². The first kappa shape index (κ1) is 23.9. The van der Waals surface area contributed by atoms with E-state index in [4.69, 9.17) is 0 Å². The second kappa shape index (κ2) is 10.6. The summed E-state index contributed by atoms with van der Waals surface area (Å²) >= 11 is 0. The summed E-state index contributed by atoms with van der Waals surface area (Å²) in [7, 11) is -4.63. The zero-order valence-corrected chi connectivity index (χ0v) is 20.7. The van der Waals surface area contributed by atoms with E-state index in [1.807, 2.05) is 54.6 Å². The van der Waals surface area contributed by atoms with Gasteiger partial charge in [0.15, 0.2) is 0 Å². The second-order valence-corrected chi connectivity index (χ2v) is 8.70. The average Bonchev–Trinajstić information content (AvgIpc) is 2.97. The fourth-order valence-electron chi connectivity index (χ4n) is 3.75. The van der Waals surface area contributed by atoms with Crippen molar-refractivity contribution in [3.63, 3.8) is 0 Å². The maximum absolute atomic E-state index is 12.5. The number of nitrogens with one attached hydrogen (secondary N) is 1. The van der Waals surface area contributed by atoms with E-state index in [2.05, 4.69) is 12.2 Å². The van der Waals surface area contributed by atoms with E-state index in [0.29, 0.717) is 18.7 Å². The van der Waals surface area contributed by atoms with E-state index in [0.717, 1.165) is 36.9 Å². The first-order valence-electron chi connectivity index (χ1n) is 9.62. The van der Waals surface area contributed by atoms with Gasteiger partial charge in [-0.25, -0.2) is 8.42 Å². The largest absolute Gasteiger partial charge is 1.00 e. The summed E-state index contributed by atoms with van der Waals surface area (Å²) < 4.78 is 37.5. The number of nitrogens with zero attached hydrogens (tertiary/aromatic N) is 1. The van der Waals surface area contributed by atoms with Gasteiger partial charge in [-0.05, 0) is 24.1 Å². The Balaban J connectivity index is 0.00000280. The molecule has 2 aromatic rings. The van der Waals surface area contributed by atoms with Gasteiger partial charge in [-0.15, -0.1) is 0 Å². The predicted molar refractivity (Wildman–Crippen MR) is 108 cm³/mol. The number of para-hydroxylation sites is 2. The molecular weight excluding hydrogens is 399 g/mol. The molecule has 0 saturated heterocycles. The van der Waals surface area contributed by atoms with Crippen LogP contribution in [0.2, 0.25) is 0 Å². The van der Waals surface area contributed by atoms with Gasteiger partial charge in [0.05, 0.1) is 11.4 Å². The van der Waals surface area contributed by atoms with Crippen molar-refractivity contribution in [3.8, 4) is 0 Å². The van der Waals surface area contributed by atoms with Gasteiger partial charge in [0.1, 0.15) is 10.1 Å². The van der Waals surface area contributed by atoms with Crippen molar-refractivity contribution in [2.45, 2.75) is 57.0 Å². The molecule has 0 radical (unpaired) electrons. The molecule has 1 N–H and O–H groups in total. The predicted octanol–water partition coefficient (Wildman–Crippen LogP) is 1.68. The number of anilines is 2. The van der Waals surface area contributed by atoms with Crippen LogP contribution in [0.4, 0.5) is 11.4 Å². The number of hydrogen-bond acceptors (Lipinski definition) is 5. The molecule has 1 aliphatic heterocycles. The molecule has 28 heavy (non-hydrogen) atoms. The Bertz CT molecular complexity index is 861. The second-order valence-electron chi connectivity index (χ2n) is 7.12. The minimum absolute atomic E-state index is 0. The van der Waals surface area contributed by atoms with E-state index in [-0.39, 0.29) is 57.8 Å². The summed E-state index contributed by atoms with van der Waals surface area (Å²) in [5.74, 6) is 0. The Morgan fingerprint density at radius 2 is 1.61 bits per heavy atom. The van der Waals surface area contributed by atoms with Crippen molar-refractivity contribution >= 4 is 21.5 Å². The van der Waals surface area contributed by atoms with Crippen LogP contribution in [0.3, 0.4) is 0 Å². The monoisotopic (exact) mass is 426 g/mol. The van der Waals surface area contributed by atoms with Gasteiger partial charge in [0.25, 0.3) is 0 Å². The molecule has 1 aliphatic rings. The van der Waals surface area contributed by atoms with Crippen molar-refractivity contribution < 1.29 is 64.4 Å². The van der Waals surface area contributed by atoms with Gasteiger partial charge >= 0.3 is 51.4 Å². The van der Waals surface area contributed by atoms with Gasteiger partial charge in [0.2, 0.25) is 4.99 Å². The Labute approximate surface area is 211 Å². The van der Waals surface area contributed by atoms with Crippen LogP contribution >= 0.6 is 0 Å². The number of fused-ring (bicyclic) bond motifs is 1. The van der Waals surface area contributed by atoms with Gasteiger partial charge in [-0.1, -0.05) is 75.1 Å². The van der Waals surface area contributed by atoms with E-state index >= 15 is 0 Å². The van der Waals surface area contributed by atoms with Crippen LogP contribution in [-0.4, -0.2) is 18.0 Å². The van der Waals surface area contributed by atoms with Crippen LogP contribution in [0.1, 0.15) is 51.0 Å². The number of hydrogen-bond donors (Lipinski definition) is 1. The Hall–Kier alpha value is -0.414. The molecule has 0 saturated carbocycles. The molecule has 146 valence electrons. The summed E-state index contributed by atoms with van der Waals surface area (Å²) in [6.07, 6.45) is 5.17. The zero-order valence-electron chi connectivity index (χ0n) is 16.7. The first-order chi connectivity index (χ1) is 13.0. The van der Waals surface area contributed by atoms with E-state index in [9.17, 15) is 13.0 Å². The number of unbranched alkanes of at least 4 members (excludes halogenated alkanes) is 4.